The molecule has 0 radical (unpaired) electrons. The van der Waals surface area contributed by atoms with E-state index in [4.69, 9.17) is 4.74 Å². The second-order valence-corrected chi connectivity index (χ2v) is 4.84. The van der Waals surface area contributed by atoms with Crippen LogP contribution in [0.15, 0.2) is 24.3 Å². The van der Waals surface area contributed by atoms with Crippen molar-refractivity contribution in [2.24, 2.45) is 0 Å². The molecule has 0 spiro atoms. The van der Waals surface area contributed by atoms with Crippen LogP contribution in [-0.4, -0.2) is 43.7 Å². The molecule has 1 heterocycles. The van der Waals surface area contributed by atoms with E-state index in [1.165, 1.54) is 12.1 Å². The molecule has 2 atom stereocenters. The molecule has 0 saturated carbocycles. The molecule has 0 aromatic heterocycles. The quantitative estimate of drug-likeness (QED) is 0.869. The van der Waals surface area contributed by atoms with Gasteiger partial charge in [-0.15, -0.1) is 0 Å². The van der Waals surface area contributed by atoms with E-state index in [9.17, 15) is 13.6 Å². The summed E-state index contributed by atoms with van der Waals surface area (Å²) in [6.07, 6.45) is -0.289. The third kappa shape index (κ3) is 3.68. The van der Waals surface area contributed by atoms with Crippen molar-refractivity contribution in [3.8, 4) is 5.75 Å². The molecule has 2 unspecified atom stereocenters. The van der Waals surface area contributed by atoms with Gasteiger partial charge in [0.1, 0.15) is 11.9 Å². The Bertz CT molecular complexity index is 482. The molecule has 1 saturated heterocycles. The summed E-state index contributed by atoms with van der Waals surface area (Å²) in [7, 11) is 1.58. The fraction of sp³-hybridized carbons (Fsp3) is 0.500. The van der Waals surface area contributed by atoms with E-state index < -0.39 is 6.61 Å². The van der Waals surface area contributed by atoms with E-state index >= 15 is 0 Å². The van der Waals surface area contributed by atoms with Gasteiger partial charge in [0.15, 0.2) is 0 Å². The molecule has 0 aliphatic carbocycles. The minimum absolute atomic E-state index is 0.0162. The predicted molar refractivity (Wildman–Crippen MR) is 72.0 cm³/mol. The molecule has 1 amide bonds. The van der Waals surface area contributed by atoms with Crippen LogP contribution in [0.3, 0.4) is 0 Å². The van der Waals surface area contributed by atoms with E-state index in [0.717, 1.165) is 5.56 Å². The predicted octanol–water partition coefficient (Wildman–Crippen LogP) is 1.75. The fourth-order valence-corrected chi connectivity index (χ4v) is 2.45. The molecule has 116 valence electrons. The van der Waals surface area contributed by atoms with Crippen molar-refractivity contribution in [2.45, 2.75) is 25.7 Å². The number of rotatable bonds is 6. The molecule has 5 nitrogen and oxygen atoms in total. The van der Waals surface area contributed by atoms with Crippen molar-refractivity contribution in [2.75, 3.05) is 20.3 Å². The standard InChI is InChI=1S/C14H18F2N2O3/c1-9(8-20-2)18-12(19)7-17-13(18)10-3-5-11(6-4-10)21-14(15)16/h3-6,9,13-14,17H,7-8H2,1-2H3. The third-order valence-electron chi connectivity index (χ3n) is 3.32. The number of carbonyl (C=O) groups is 1. The maximum Gasteiger partial charge on any atom is 0.387 e. The number of nitrogens with zero attached hydrogens (tertiary/aromatic N) is 1. The molecular formula is C14H18F2N2O3. The smallest absolute Gasteiger partial charge is 0.387 e. The molecule has 7 heteroatoms. The Hall–Kier alpha value is -1.73. The van der Waals surface area contributed by atoms with Crippen LogP contribution in [0.1, 0.15) is 18.7 Å². The maximum absolute atomic E-state index is 12.1. The second-order valence-electron chi connectivity index (χ2n) is 4.84. The molecule has 1 aliphatic heterocycles. The van der Waals surface area contributed by atoms with Crippen molar-refractivity contribution in [1.82, 2.24) is 10.2 Å². The Morgan fingerprint density at radius 1 is 1.38 bits per heavy atom. The van der Waals surface area contributed by atoms with E-state index in [-0.39, 0.29) is 30.4 Å². The van der Waals surface area contributed by atoms with E-state index in [0.29, 0.717) is 6.61 Å². The normalized spacial score (nSPS) is 20.1. The first-order valence-electron chi connectivity index (χ1n) is 6.61. The van der Waals surface area contributed by atoms with Crippen LogP contribution in [0, 0.1) is 0 Å². The van der Waals surface area contributed by atoms with E-state index in [2.05, 4.69) is 10.1 Å². The number of ether oxygens (including phenoxy) is 2. The highest BCUT2D eigenvalue weighted by molar-refractivity contribution is 5.81. The molecule has 0 bridgehead atoms. The molecular weight excluding hydrogens is 282 g/mol. The molecule has 1 N–H and O–H groups in total. The summed E-state index contributed by atoms with van der Waals surface area (Å²) < 4.78 is 33.6. The summed E-state index contributed by atoms with van der Waals surface area (Å²) in [5.41, 5.74) is 0.811. The number of alkyl halides is 2. The van der Waals surface area contributed by atoms with Gasteiger partial charge >= 0.3 is 6.61 Å². The fourth-order valence-electron chi connectivity index (χ4n) is 2.45. The maximum atomic E-state index is 12.1. The largest absolute Gasteiger partial charge is 0.435 e. The average Bonchev–Trinajstić information content (AvgIpc) is 2.81. The van der Waals surface area contributed by atoms with Gasteiger partial charge in [0, 0.05) is 7.11 Å². The van der Waals surface area contributed by atoms with E-state index in [1.54, 1.807) is 24.1 Å². The Kier molecular flexibility index (Phi) is 5.08. The van der Waals surface area contributed by atoms with Gasteiger partial charge in [-0.1, -0.05) is 12.1 Å². The Morgan fingerprint density at radius 2 is 2.05 bits per heavy atom. The lowest BCUT2D eigenvalue weighted by Gasteiger charge is -2.30. The number of hydrogen-bond acceptors (Lipinski definition) is 4. The van der Waals surface area contributed by atoms with Crippen LogP contribution in [0.4, 0.5) is 8.78 Å². The van der Waals surface area contributed by atoms with Crippen LogP contribution >= 0.6 is 0 Å². The highest BCUT2D eigenvalue weighted by Gasteiger charge is 2.34. The zero-order valence-electron chi connectivity index (χ0n) is 11.9. The van der Waals surface area contributed by atoms with Crippen LogP contribution in [-0.2, 0) is 9.53 Å². The van der Waals surface area contributed by atoms with Crippen molar-refractivity contribution < 1.29 is 23.0 Å². The first-order chi connectivity index (χ1) is 10.0. The van der Waals surface area contributed by atoms with Crippen molar-refractivity contribution >= 4 is 5.91 Å². The van der Waals surface area contributed by atoms with Gasteiger partial charge in [0.05, 0.1) is 19.2 Å². The van der Waals surface area contributed by atoms with Crippen LogP contribution < -0.4 is 10.1 Å². The molecule has 1 aromatic carbocycles. The number of amides is 1. The first kappa shape index (κ1) is 15.7. The number of methoxy groups -OCH3 is 1. The molecule has 1 fully saturated rings. The van der Waals surface area contributed by atoms with Crippen molar-refractivity contribution in [1.29, 1.82) is 0 Å². The molecule has 1 aromatic rings. The Labute approximate surface area is 121 Å². The van der Waals surface area contributed by atoms with Gasteiger partial charge in [0.25, 0.3) is 0 Å². The summed E-state index contributed by atoms with van der Waals surface area (Å²) in [6, 6.07) is 6.18. The highest BCUT2D eigenvalue weighted by Crippen LogP contribution is 2.26. The summed E-state index contributed by atoms with van der Waals surface area (Å²) >= 11 is 0. The second kappa shape index (κ2) is 6.82. The summed E-state index contributed by atoms with van der Waals surface area (Å²) in [6.45, 7) is -0.277. The lowest BCUT2D eigenvalue weighted by atomic mass is 10.1. The van der Waals surface area contributed by atoms with E-state index in [1.807, 2.05) is 6.92 Å². The van der Waals surface area contributed by atoms with Crippen molar-refractivity contribution in [3.63, 3.8) is 0 Å². The summed E-state index contributed by atoms with van der Waals surface area (Å²) in [5, 5.41) is 3.10. The number of carbonyl (C=O) groups excluding carboxylic acids is 1. The van der Waals surface area contributed by atoms with Gasteiger partial charge in [-0.25, -0.2) is 0 Å². The monoisotopic (exact) mass is 300 g/mol. The number of hydrogen-bond donors (Lipinski definition) is 1. The molecule has 2 rings (SSSR count). The van der Waals surface area contributed by atoms with Gasteiger partial charge in [-0.05, 0) is 24.6 Å². The number of nitrogens with one attached hydrogen (secondary N) is 1. The summed E-state index contributed by atoms with van der Waals surface area (Å²) in [5.74, 6) is 0.0759. The van der Waals surface area contributed by atoms with Gasteiger partial charge in [0.2, 0.25) is 5.91 Å². The lowest BCUT2D eigenvalue weighted by molar-refractivity contribution is -0.131. The van der Waals surface area contributed by atoms with Crippen LogP contribution in [0.25, 0.3) is 0 Å². The number of halogens is 2. The Balaban J connectivity index is 2.14. The zero-order valence-corrected chi connectivity index (χ0v) is 11.9. The minimum atomic E-state index is -2.85. The van der Waals surface area contributed by atoms with Crippen LogP contribution in [0.2, 0.25) is 0 Å². The third-order valence-corrected chi connectivity index (χ3v) is 3.32. The van der Waals surface area contributed by atoms with Crippen LogP contribution in [0.5, 0.6) is 5.75 Å². The number of benzene rings is 1. The topological polar surface area (TPSA) is 50.8 Å². The molecule has 1 aliphatic rings. The van der Waals surface area contributed by atoms with Gasteiger partial charge in [-0.3, -0.25) is 10.1 Å². The van der Waals surface area contributed by atoms with Gasteiger partial charge < -0.3 is 14.4 Å². The lowest BCUT2D eigenvalue weighted by Crippen LogP contribution is -2.40. The zero-order chi connectivity index (χ0) is 15.4. The molecule has 21 heavy (non-hydrogen) atoms. The van der Waals surface area contributed by atoms with Crippen molar-refractivity contribution in [3.05, 3.63) is 29.8 Å². The average molecular weight is 300 g/mol. The summed E-state index contributed by atoms with van der Waals surface area (Å²) in [4.78, 5) is 13.7. The highest BCUT2D eigenvalue weighted by atomic mass is 19.3. The SMILES string of the molecule is COCC(C)N1C(=O)CNC1c1ccc(OC(F)F)cc1. The van der Waals surface area contributed by atoms with Gasteiger partial charge in [-0.2, -0.15) is 8.78 Å². The Morgan fingerprint density at radius 3 is 2.62 bits per heavy atom. The first-order valence-corrected chi connectivity index (χ1v) is 6.61. The minimum Gasteiger partial charge on any atom is -0.435 e.